The van der Waals surface area contributed by atoms with Crippen molar-refractivity contribution in [3.8, 4) is 22.6 Å². The number of rotatable bonds is 9. The minimum atomic E-state index is -0.322. The number of ether oxygens (including phenoxy) is 3. The van der Waals surface area contributed by atoms with Gasteiger partial charge in [0.05, 0.1) is 13.7 Å². The van der Waals surface area contributed by atoms with Gasteiger partial charge in [-0.2, -0.15) is 0 Å². The monoisotopic (exact) mass is 372 g/mol. The van der Waals surface area contributed by atoms with E-state index in [1.165, 1.54) is 18.2 Å². The van der Waals surface area contributed by atoms with Crippen LogP contribution in [0.2, 0.25) is 0 Å². The maximum absolute atomic E-state index is 13.5. The van der Waals surface area contributed by atoms with E-state index >= 15 is 0 Å². The van der Waals surface area contributed by atoms with Gasteiger partial charge in [0.1, 0.15) is 18.7 Å². The highest BCUT2D eigenvalue weighted by atomic mass is 19.1. The zero-order chi connectivity index (χ0) is 19.8. The van der Waals surface area contributed by atoms with Crippen LogP contribution in [0.25, 0.3) is 17.2 Å². The second-order valence-corrected chi connectivity index (χ2v) is 6.28. The molecule has 0 aromatic heterocycles. The summed E-state index contributed by atoms with van der Waals surface area (Å²) >= 11 is 0. The van der Waals surface area contributed by atoms with Crippen molar-refractivity contribution >= 4 is 12.4 Å². The van der Waals surface area contributed by atoms with Crippen LogP contribution in [0.15, 0.2) is 36.4 Å². The van der Waals surface area contributed by atoms with Crippen LogP contribution in [0.3, 0.4) is 0 Å². The lowest BCUT2D eigenvalue weighted by Crippen LogP contribution is -2.08. The van der Waals surface area contributed by atoms with Crippen LogP contribution in [0.4, 0.5) is 4.39 Å². The largest absolute Gasteiger partial charge is 0.493 e. The summed E-state index contributed by atoms with van der Waals surface area (Å²) in [6.07, 6.45) is 3.93. The van der Waals surface area contributed by atoms with E-state index < -0.39 is 0 Å². The van der Waals surface area contributed by atoms with Gasteiger partial charge >= 0.3 is 0 Å². The first-order valence-electron chi connectivity index (χ1n) is 8.77. The zero-order valence-electron chi connectivity index (χ0n) is 16.1. The molecule has 2 aromatic carbocycles. The molecule has 0 spiro atoms. The Morgan fingerprint density at radius 2 is 1.81 bits per heavy atom. The third kappa shape index (κ3) is 4.95. The number of hydrogen-bond acceptors (Lipinski definition) is 4. The van der Waals surface area contributed by atoms with Gasteiger partial charge in [0.2, 0.25) is 0 Å². The maximum atomic E-state index is 13.5. The zero-order valence-corrected chi connectivity index (χ0v) is 16.1. The number of hydrogen-bond donors (Lipinski definition) is 0. The van der Waals surface area contributed by atoms with Crippen molar-refractivity contribution in [1.29, 1.82) is 0 Å². The van der Waals surface area contributed by atoms with Gasteiger partial charge in [-0.05, 0) is 46.9 Å². The van der Waals surface area contributed by atoms with E-state index in [1.807, 2.05) is 6.07 Å². The highest BCUT2D eigenvalue weighted by Gasteiger charge is 2.21. The first-order chi connectivity index (χ1) is 13.0. The Labute approximate surface area is 159 Å². The summed E-state index contributed by atoms with van der Waals surface area (Å²) in [5.74, 6) is 0.975. The molecule has 0 fully saturated rings. The minimum Gasteiger partial charge on any atom is -0.493 e. The molecule has 0 saturated heterocycles. The normalized spacial score (nSPS) is 11.2. The molecule has 0 bridgehead atoms. The average molecular weight is 372 g/mol. The molecular weight excluding hydrogens is 347 g/mol. The van der Waals surface area contributed by atoms with Crippen LogP contribution < -0.4 is 9.47 Å². The number of aldehydes is 1. The topological polar surface area (TPSA) is 44.8 Å². The van der Waals surface area contributed by atoms with E-state index in [4.69, 9.17) is 14.2 Å². The lowest BCUT2D eigenvalue weighted by molar-refractivity contribution is -0.104. The van der Waals surface area contributed by atoms with Gasteiger partial charge in [-0.15, -0.1) is 0 Å². The number of benzene rings is 2. The summed E-state index contributed by atoms with van der Waals surface area (Å²) in [5.41, 5.74) is 3.38. The van der Waals surface area contributed by atoms with Crippen LogP contribution in [0.5, 0.6) is 11.5 Å². The van der Waals surface area contributed by atoms with E-state index in [0.717, 1.165) is 28.5 Å². The Balaban J connectivity index is 2.80. The lowest BCUT2D eigenvalue weighted by atomic mass is 9.88. The van der Waals surface area contributed by atoms with Crippen LogP contribution in [-0.2, 0) is 9.53 Å². The van der Waals surface area contributed by atoms with Crippen molar-refractivity contribution < 1.29 is 23.4 Å². The summed E-state index contributed by atoms with van der Waals surface area (Å²) in [5, 5.41) is 0. The van der Waals surface area contributed by atoms with Crippen molar-refractivity contribution in [2.75, 3.05) is 27.4 Å². The Kier molecular flexibility index (Phi) is 7.55. The molecule has 0 heterocycles. The van der Waals surface area contributed by atoms with E-state index in [9.17, 15) is 9.18 Å². The lowest BCUT2D eigenvalue weighted by Gasteiger charge is -2.22. The Morgan fingerprint density at radius 1 is 1.11 bits per heavy atom. The Bertz CT molecular complexity index is 795. The van der Waals surface area contributed by atoms with Gasteiger partial charge in [-0.25, -0.2) is 4.39 Å². The van der Waals surface area contributed by atoms with Gasteiger partial charge in [0.15, 0.2) is 11.5 Å². The molecule has 0 unspecified atom stereocenters. The molecule has 0 atom stereocenters. The molecule has 0 aliphatic carbocycles. The predicted molar refractivity (Wildman–Crippen MR) is 105 cm³/mol. The molecule has 5 heteroatoms. The molecule has 0 saturated carbocycles. The second-order valence-electron chi connectivity index (χ2n) is 6.28. The third-order valence-corrected chi connectivity index (χ3v) is 4.17. The molecule has 0 amide bonds. The van der Waals surface area contributed by atoms with E-state index in [0.29, 0.717) is 24.7 Å². The average Bonchev–Trinajstić information content (AvgIpc) is 2.66. The number of allylic oxidation sites excluding steroid dienone is 1. The minimum absolute atomic E-state index is 0.178. The summed E-state index contributed by atoms with van der Waals surface area (Å²) in [7, 11) is 3.18. The first kappa shape index (κ1) is 20.6. The molecule has 4 nitrogen and oxygen atoms in total. The van der Waals surface area contributed by atoms with Crippen molar-refractivity contribution in [3.05, 3.63) is 53.4 Å². The summed E-state index contributed by atoms with van der Waals surface area (Å²) in [6.45, 7) is 4.87. The quantitative estimate of drug-likeness (QED) is 0.358. The Morgan fingerprint density at radius 3 is 2.37 bits per heavy atom. The molecule has 0 radical (unpaired) electrons. The van der Waals surface area contributed by atoms with Gasteiger partial charge in [0, 0.05) is 12.7 Å². The summed E-state index contributed by atoms with van der Waals surface area (Å²) < 4.78 is 30.1. The summed E-state index contributed by atoms with van der Waals surface area (Å²) in [6, 6.07) is 8.10. The van der Waals surface area contributed by atoms with Gasteiger partial charge < -0.3 is 14.2 Å². The van der Waals surface area contributed by atoms with E-state index in [1.54, 1.807) is 32.4 Å². The third-order valence-electron chi connectivity index (χ3n) is 4.17. The fraction of sp³-hybridized carbons (Fsp3) is 0.318. The molecule has 0 N–H and O–H groups in total. The molecule has 2 aromatic rings. The predicted octanol–water partition coefficient (Wildman–Crippen LogP) is 4.86. The first-order valence-corrected chi connectivity index (χ1v) is 8.77. The van der Waals surface area contributed by atoms with Crippen molar-refractivity contribution in [2.45, 2.75) is 19.8 Å². The maximum Gasteiger partial charge on any atom is 0.169 e. The number of halogens is 1. The molecular formula is C22H25FO4. The van der Waals surface area contributed by atoms with Crippen LogP contribution in [0.1, 0.15) is 30.9 Å². The highest BCUT2D eigenvalue weighted by molar-refractivity contribution is 5.87. The van der Waals surface area contributed by atoms with Crippen molar-refractivity contribution in [2.24, 2.45) is 0 Å². The number of carbonyl (C=O) groups excluding carboxylic acids is 1. The molecule has 27 heavy (non-hydrogen) atoms. The second kappa shape index (κ2) is 9.88. The van der Waals surface area contributed by atoms with Crippen LogP contribution in [0, 0.1) is 5.82 Å². The van der Waals surface area contributed by atoms with Gasteiger partial charge in [-0.3, -0.25) is 4.79 Å². The fourth-order valence-corrected chi connectivity index (χ4v) is 2.89. The standard InChI is InChI=1S/C22H25FO4/c1-15(2)19-14-20(26-4)22(27-13-12-25-3)21(18(19)6-5-11-24)16-7-9-17(23)10-8-16/h5-11,14-15H,12-13H2,1-4H3/b6-5+. The number of methoxy groups -OCH3 is 2. The molecule has 0 aliphatic rings. The van der Waals surface area contributed by atoms with Crippen molar-refractivity contribution in [1.82, 2.24) is 0 Å². The van der Waals surface area contributed by atoms with Crippen LogP contribution >= 0.6 is 0 Å². The van der Waals surface area contributed by atoms with E-state index in [2.05, 4.69) is 13.8 Å². The highest BCUT2D eigenvalue weighted by Crippen LogP contribution is 2.45. The van der Waals surface area contributed by atoms with Crippen molar-refractivity contribution in [3.63, 3.8) is 0 Å². The summed E-state index contributed by atoms with van der Waals surface area (Å²) in [4.78, 5) is 11.0. The molecule has 0 aliphatic heterocycles. The SMILES string of the molecule is COCCOc1c(OC)cc(C(C)C)c(/C=C/C=O)c1-c1ccc(F)cc1. The van der Waals surface area contributed by atoms with E-state index in [-0.39, 0.29) is 11.7 Å². The van der Waals surface area contributed by atoms with Crippen LogP contribution in [-0.4, -0.2) is 33.7 Å². The number of carbonyl (C=O) groups is 1. The smallest absolute Gasteiger partial charge is 0.169 e. The molecule has 2 rings (SSSR count). The van der Waals surface area contributed by atoms with Gasteiger partial charge in [-0.1, -0.05) is 32.1 Å². The fourth-order valence-electron chi connectivity index (χ4n) is 2.89. The Hall–Kier alpha value is -2.66. The van der Waals surface area contributed by atoms with Gasteiger partial charge in [0.25, 0.3) is 0 Å². The molecule has 144 valence electrons.